The molecule has 0 bridgehead atoms. The molecule has 0 aliphatic rings. The zero-order valence-corrected chi connectivity index (χ0v) is 13.4. The number of nitro benzene ring substituents is 1. The molecule has 13 heteroatoms. The predicted octanol–water partition coefficient (Wildman–Crippen LogP) is 1.88. The summed E-state index contributed by atoms with van der Waals surface area (Å²) in [5.74, 6) is -1.17. The van der Waals surface area contributed by atoms with E-state index in [9.17, 15) is 28.1 Å². The Hall–Kier alpha value is -2.25. The fraction of sp³-hybridized carbons (Fsp3) is 0.364. The summed E-state index contributed by atoms with van der Waals surface area (Å²) in [4.78, 5) is 21.0. The number of aromatic carboxylic acids is 1. The normalized spacial score (nSPS) is 12.1. The Morgan fingerprint density at radius 1 is 1.25 bits per heavy atom. The van der Waals surface area contributed by atoms with Gasteiger partial charge in [0.1, 0.15) is 0 Å². The van der Waals surface area contributed by atoms with E-state index in [1.165, 1.54) is 12.1 Å². The van der Waals surface area contributed by atoms with E-state index in [-0.39, 0.29) is 15.7 Å². The largest absolute Gasteiger partial charge is 0.522 e. The summed E-state index contributed by atoms with van der Waals surface area (Å²) in [5.41, 5.74) is -5.32. The van der Waals surface area contributed by atoms with E-state index in [4.69, 9.17) is 18.1 Å². The Morgan fingerprint density at radius 3 is 1.92 bits per heavy atom. The number of halogens is 3. The van der Waals surface area contributed by atoms with Gasteiger partial charge in [-0.05, 0) is 6.07 Å². The van der Waals surface area contributed by atoms with Gasteiger partial charge in [0.25, 0.3) is 0 Å². The van der Waals surface area contributed by atoms with Gasteiger partial charge in [0.15, 0.2) is 0 Å². The van der Waals surface area contributed by atoms with E-state index in [0.717, 1.165) is 6.07 Å². The molecule has 0 saturated carbocycles. The lowest BCUT2D eigenvalue weighted by molar-refractivity contribution is -0.384. The monoisotopic (exact) mass is 375 g/mol. The molecule has 2 N–H and O–H groups in total. The van der Waals surface area contributed by atoms with Crippen molar-refractivity contribution in [2.24, 2.45) is 0 Å². The van der Waals surface area contributed by atoms with Gasteiger partial charge >= 0.3 is 27.3 Å². The molecule has 0 fully saturated rings. The summed E-state index contributed by atoms with van der Waals surface area (Å²) in [7, 11) is -0.499. The molecule has 1 rings (SSSR count). The van der Waals surface area contributed by atoms with Gasteiger partial charge in [0, 0.05) is 12.1 Å². The zero-order chi connectivity index (χ0) is 19.5. The van der Waals surface area contributed by atoms with Gasteiger partial charge in [0.05, 0.1) is 31.6 Å². The average molecular weight is 375 g/mol. The van der Waals surface area contributed by atoms with Crippen molar-refractivity contribution < 1.29 is 41.0 Å². The van der Waals surface area contributed by atoms with Crippen LogP contribution in [0.4, 0.5) is 24.5 Å². The first-order chi connectivity index (χ1) is 10.5. The first-order valence-electron chi connectivity index (χ1n) is 5.86. The van der Waals surface area contributed by atoms with Crippen LogP contribution in [-0.2, 0) is 10.1 Å². The number of carboxylic acids is 1. The first kappa shape index (κ1) is 21.8. The number of nitrogens with zero attached hydrogens (tertiary/aromatic N) is 2. The van der Waals surface area contributed by atoms with Gasteiger partial charge in [-0.25, -0.2) is 4.79 Å². The third-order valence-electron chi connectivity index (χ3n) is 2.43. The highest BCUT2D eigenvalue weighted by Crippen LogP contribution is 2.30. The molecule has 0 amide bonds. The molecule has 0 heterocycles. The fourth-order valence-corrected chi connectivity index (χ4v) is 1.37. The minimum absolute atomic E-state index is 0.0797. The third kappa shape index (κ3) is 6.10. The third-order valence-corrected chi connectivity index (χ3v) is 3.02. The van der Waals surface area contributed by atoms with Crippen molar-refractivity contribution in [3.05, 3.63) is 33.9 Å². The highest BCUT2D eigenvalue weighted by atomic mass is 32.2. The number of benzene rings is 1. The van der Waals surface area contributed by atoms with Crippen molar-refractivity contribution in [1.29, 1.82) is 0 Å². The number of hydrogen-bond acceptors (Lipinski definition) is 5. The maximum absolute atomic E-state index is 10.8. The summed E-state index contributed by atoms with van der Waals surface area (Å²) >= 11 is 0. The molecule has 1 aromatic carbocycles. The van der Waals surface area contributed by atoms with Crippen molar-refractivity contribution in [3.63, 3.8) is 0 Å². The van der Waals surface area contributed by atoms with Gasteiger partial charge in [-0.15, -0.1) is 0 Å². The van der Waals surface area contributed by atoms with Crippen LogP contribution in [0.2, 0.25) is 0 Å². The fourth-order valence-electron chi connectivity index (χ4n) is 1.37. The van der Waals surface area contributed by atoms with Gasteiger partial charge in [-0.3, -0.25) is 19.2 Å². The van der Waals surface area contributed by atoms with Crippen molar-refractivity contribution in [2.75, 3.05) is 21.1 Å². The van der Waals surface area contributed by atoms with E-state index in [2.05, 4.69) is 0 Å². The Labute approximate surface area is 134 Å². The lowest BCUT2D eigenvalue weighted by Crippen LogP contribution is -2.35. The molecule has 0 aromatic heterocycles. The van der Waals surface area contributed by atoms with E-state index < -0.39 is 26.5 Å². The van der Waals surface area contributed by atoms with Gasteiger partial charge < -0.3 is 5.11 Å². The molecule has 0 unspecified atom stereocenters. The van der Waals surface area contributed by atoms with Crippen molar-refractivity contribution >= 4 is 27.5 Å². The van der Waals surface area contributed by atoms with Crippen LogP contribution in [0.1, 0.15) is 10.4 Å². The molecule has 1 aromatic rings. The number of hydrogen-bond donors (Lipinski definition) is 2. The van der Waals surface area contributed by atoms with Crippen LogP contribution < -0.4 is 4.48 Å². The molecular formula is C11H14F3N2O7S+. The first-order valence-corrected chi connectivity index (χ1v) is 7.30. The minimum Gasteiger partial charge on any atom is -0.478 e. The van der Waals surface area contributed by atoms with Crippen LogP contribution in [0, 0.1) is 10.1 Å². The van der Waals surface area contributed by atoms with Crippen molar-refractivity contribution in [2.45, 2.75) is 5.51 Å². The van der Waals surface area contributed by atoms with Gasteiger partial charge in [-0.2, -0.15) is 21.6 Å². The van der Waals surface area contributed by atoms with E-state index in [1.807, 2.05) is 0 Å². The lowest BCUT2D eigenvalue weighted by Gasteiger charge is -2.22. The second-order valence-electron chi connectivity index (χ2n) is 5.20. The number of quaternary nitrogens is 1. The van der Waals surface area contributed by atoms with Crippen LogP contribution in [0.3, 0.4) is 0 Å². The molecule has 0 spiro atoms. The second kappa shape index (κ2) is 7.11. The maximum atomic E-state index is 10.8. The standard InChI is InChI=1S/C10H12N2O4.CHF3O3S/c1-12(2,3)9-5-4-7(10(13)14)6-8(9)11(15)16;2-1(3,4)8(5,6)7/h4-6H,1-3H3;(H,5,6,7)/p+1. The topological polar surface area (TPSA) is 135 Å². The van der Waals surface area contributed by atoms with E-state index in [1.54, 1.807) is 21.1 Å². The molecule has 24 heavy (non-hydrogen) atoms. The number of carbonyl (C=O) groups is 1. The number of alkyl halides is 3. The van der Waals surface area contributed by atoms with Crippen molar-refractivity contribution in [1.82, 2.24) is 4.48 Å². The maximum Gasteiger partial charge on any atom is 0.522 e. The van der Waals surface area contributed by atoms with Gasteiger partial charge in [-0.1, -0.05) is 0 Å². The van der Waals surface area contributed by atoms with Crippen LogP contribution >= 0.6 is 0 Å². The number of rotatable bonds is 3. The van der Waals surface area contributed by atoms with Crippen LogP contribution in [0.15, 0.2) is 18.2 Å². The summed E-state index contributed by atoms with van der Waals surface area (Å²) in [6.45, 7) is 0. The molecular weight excluding hydrogens is 361 g/mol. The molecule has 0 aliphatic heterocycles. The van der Waals surface area contributed by atoms with Crippen LogP contribution in [0.5, 0.6) is 0 Å². The predicted molar refractivity (Wildman–Crippen MR) is 77.2 cm³/mol. The summed E-state index contributed by atoms with van der Waals surface area (Å²) in [5, 5.41) is 19.6. The SMILES string of the molecule is C[N+](C)(C)c1ccc(C(=O)O)cc1[N+](=O)[O-].O=S(=O)(O)C(F)(F)F. The lowest BCUT2D eigenvalue weighted by atomic mass is 10.1. The highest BCUT2D eigenvalue weighted by Gasteiger charge is 2.44. The molecule has 0 atom stereocenters. The second-order valence-corrected chi connectivity index (χ2v) is 6.61. The number of nitro groups is 1. The van der Waals surface area contributed by atoms with Crippen LogP contribution in [0.25, 0.3) is 0 Å². The minimum atomic E-state index is -5.84. The van der Waals surface area contributed by atoms with E-state index >= 15 is 0 Å². The Balaban J connectivity index is 0.000000561. The van der Waals surface area contributed by atoms with Crippen LogP contribution in [-0.4, -0.2) is 55.6 Å². The Bertz CT molecular complexity index is 739. The highest BCUT2D eigenvalue weighted by molar-refractivity contribution is 7.86. The molecule has 0 aliphatic carbocycles. The molecule has 9 nitrogen and oxygen atoms in total. The van der Waals surface area contributed by atoms with Crippen molar-refractivity contribution in [3.8, 4) is 0 Å². The summed E-state index contributed by atoms with van der Waals surface area (Å²) in [6, 6.07) is 3.93. The summed E-state index contributed by atoms with van der Waals surface area (Å²) in [6.07, 6.45) is 0. The number of carboxylic acid groups (broad SMARTS) is 1. The quantitative estimate of drug-likeness (QED) is 0.271. The Kier molecular flexibility index (Phi) is 6.44. The van der Waals surface area contributed by atoms with E-state index in [0.29, 0.717) is 5.69 Å². The smallest absolute Gasteiger partial charge is 0.478 e. The molecule has 0 radical (unpaired) electrons. The molecule has 136 valence electrons. The Morgan fingerprint density at radius 2 is 1.67 bits per heavy atom. The van der Waals surface area contributed by atoms with Gasteiger partial charge in [0.2, 0.25) is 5.69 Å². The summed E-state index contributed by atoms with van der Waals surface area (Å²) < 4.78 is 57.8. The average Bonchev–Trinajstić information content (AvgIpc) is 2.35. The molecule has 0 saturated heterocycles. The zero-order valence-electron chi connectivity index (χ0n) is 12.6.